The summed E-state index contributed by atoms with van der Waals surface area (Å²) in [7, 11) is 0. The van der Waals surface area contributed by atoms with Gasteiger partial charge in [-0.05, 0) is 31.4 Å². The fourth-order valence-corrected chi connectivity index (χ4v) is 1.94. The molecule has 1 heterocycles. The van der Waals surface area contributed by atoms with Crippen LogP contribution in [-0.4, -0.2) is 5.71 Å². The summed E-state index contributed by atoms with van der Waals surface area (Å²) < 4.78 is 0. The van der Waals surface area contributed by atoms with E-state index < -0.39 is 0 Å². The minimum atomic E-state index is 1.02. The van der Waals surface area contributed by atoms with E-state index in [0.717, 1.165) is 12.8 Å². The van der Waals surface area contributed by atoms with Crippen LogP contribution >= 0.6 is 0 Å². The highest BCUT2D eigenvalue weighted by molar-refractivity contribution is 6.04. The SMILES string of the molecule is CCC1=C(C)CC(c2ccc(C)cc2)=N1. The van der Waals surface area contributed by atoms with E-state index in [2.05, 4.69) is 50.0 Å². The maximum Gasteiger partial charge on any atom is 0.0520 e. The van der Waals surface area contributed by atoms with Gasteiger partial charge in [-0.15, -0.1) is 0 Å². The number of hydrogen-bond acceptors (Lipinski definition) is 1. The molecule has 1 nitrogen and oxygen atoms in total. The zero-order valence-electron chi connectivity index (χ0n) is 9.67. The van der Waals surface area contributed by atoms with Gasteiger partial charge in [-0.2, -0.15) is 0 Å². The number of benzene rings is 1. The molecule has 78 valence electrons. The molecule has 2 rings (SSSR count). The first kappa shape index (κ1) is 10.2. The van der Waals surface area contributed by atoms with Crippen LogP contribution in [0.4, 0.5) is 0 Å². The lowest BCUT2D eigenvalue weighted by Crippen LogP contribution is -1.96. The number of hydrogen-bond donors (Lipinski definition) is 0. The van der Waals surface area contributed by atoms with Gasteiger partial charge in [0.15, 0.2) is 0 Å². The molecule has 0 amide bonds. The summed E-state index contributed by atoms with van der Waals surface area (Å²) >= 11 is 0. The van der Waals surface area contributed by atoms with Gasteiger partial charge in [-0.3, -0.25) is 4.99 Å². The van der Waals surface area contributed by atoms with Crippen LogP contribution in [0.1, 0.15) is 37.8 Å². The molecule has 1 aromatic carbocycles. The highest BCUT2D eigenvalue weighted by Crippen LogP contribution is 2.24. The van der Waals surface area contributed by atoms with Crippen LogP contribution < -0.4 is 0 Å². The Balaban J connectivity index is 2.26. The van der Waals surface area contributed by atoms with Gasteiger partial charge in [0.2, 0.25) is 0 Å². The summed E-state index contributed by atoms with van der Waals surface area (Å²) in [5.74, 6) is 0. The molecule has 0 fully saturated rings. The fraction of sp³-hybridized carbons (Fsp3) is 0.357. The Hall–Kier alpha value is -1.37. The van der Waals surface area contributed by atoms with Crippen molar-refractivity contribution >= 4 is 5.71 Å². The second-order valence-electron chi connectivity index (χ2n) is 4.18. The molecule has 1 aliphatic rings. The molecule has 0 saturated heterocycles. The Morgan fingerprint density at radius 1 is 1.13 bits per heavy atom. The van der Waals surface area contributed by atoms with Gasteiger partial charge in [0, 0.05) is 12.1 Å². The Morgan fingerprint density at radius 2 is 1.80 bits per heavy atom. The molecule has 0 bridgehead atoms. The van der Waals surface area contributed by atoms with Crippen LogP contribution in [0.2, 0.25) is 0 Å². The van der Waals surface area contributed by atoms with Crippen molar-refractivity contribution in [2.45, 2.75) is 33.6 Å². The average Bonchev–Trinajstić information content (AvgIpc) is 2.61. The molecule has 0 aromatic heterocycles. The smallest absolute Gasteiger partial charge is 0.0520 e. The van der Waals surface area contributed by atoms with Crippen LogP contribution in [0.25, 0.3) is 0 Å². The van der Waals surface area contributed by atoms with Gasteiger partial charge in [0.1, 0.15) is 0 Å². The van der Waals surface area contributed by atoms with Crippen LogP contribution in [0.15, 0.2) is 40.5 Å². The Morgan fingerprint density at radius 3 is 2.33 bits per heavy atom. The van der Waals surface area contributed by atoms with E-state index in [9.17, 15) is 0 Å². The van der Waals surface area contributed by atoms with E-state index in [-0.39, 0.29) is 0 Å². The molecule has 0 atom stereocenters. The van der Waals surface area contributed by atoms with Gasteiger partial charge in [0.05, 0.1) is 5.71 Å². The summed E-state index contributed by atoms with van der Waals surface area (Å²) in [6.45, 7) is 6.46. The second-order valence-corrected chi connectivity index (χ2v) is 4.18. The first-order valence-corrected chi connectivity index (χ1v) is 5.54. The summed E-state index contributed by atoms with van der Waals surface area (Å²) in [4.78, 5) is 4.68. The molecule has 0 spiro atoms. The van der Waals surface area contributed by atoms with Crippen LogP contribution in [0.5, 0.6) is 0 Å². The minimum absolute atomic E-state index is 1.02. The number of allylic oxidation sites excluding steroid dienone is 2. The van der Waals surface area contributed by atoms with Crippen molar-refractivity contribution in [1.82, 2.24) is 0 Å². The van der Waals surface area contributed by atoms with E-state index in [1.807, 2.05) is 0 Å². The molecule has 0 N–H and O–H groups in total. The molecule has 0 radical (unpaired) electrons. The number of aryl methyl sites for hydroxylation is 1. The van der Waals surface area contributed by atoms with Crippen molar-refractivity contribution in [3.63, 3.8) is 0 Å². The highest BCUT2D eigenvalue weighted by Gasteiger charge is 2.14. The Bertz CT molecular complexity index is 421. The third-order valence-electron chi connectivity index (χ3n) is 2.91. The quantitative estimate of drug-likeness (QED) is 0.685. The van der Waals surface area contributed by atoms with Gasteiger partial charge in [-0.1, -0.05) is 36.8 Å². The van der Waals surface area contributed by atoms with Gasteiger partial charge in [0.25, 0.3) is 0 Å². The molecule has 15 heavy (non-hydrogen) atoms. The number of rotatable bonds is 2. The van der Waals surface area contributed by atoms with Crippen molar-refractivity contribution in [1.29, 1.82) is 0 Å². The monoisotopic (exact) mass is 199 g/mol. The van der Waals surface area contributed by atoms with Crippen LogP contribution in [0.3, 0.4) is 0 Å². The second kappa shape index (κ2) is 4.01. The molecular weight excluding hydrogens is 182 g/mol. The van der Waals surface area contributed by atoms with Gasteiger partial charge < -0.3 is 0 Å². The lowest BCUT2D eigenvalue weighted by Gasteiger charge is -2.01. The summed E-state index contributed by atoms with van der Waals surface area (Å²) in [5.41, 5.74) is 6.49. The first-order chi connectivity index (χ1) is 7.20. The average molecular weight is 199 g/mol. The van der Waals surface area contributed by atoms with Crippen molar-refractivity contribution in [2.75, 3.05) is 0 Å². The largest absolute Gasteiger partial charge is 0.257 e. The van der Waals surface area contributed by atoms with E-state index in [4.69, 9.17) is 0 Å². The first-order valence-electron chi connectivity index (χ1n) is 5.54. The third kappa shape index (κ3) is 2.01. The van der Waals surface area contributed by atoms with Crippen molar-refractivity contribution < 1.29 is 0 Å². The standard InChI is InChI=1S/C14H17N/c1-4-13-11(3)9-14(15-13)12-7-5-10(2)6-8-12/h5-8H,4,9H2,1-3H3. The maximum absolute atomic E-state index is 4.68. The molecule has 1 aliphatic heterocycles. The molecule has 0 aliphatic carbocycles. The van der Waals surface area contributed by atoms with E-state index >= 15 is 0 Å². The van der Waals surface area contributed by atoms with Crippen molar-refractivity contribution in [3.05, 3.63) is 46.7 Å². The normalized spacial score (nSPS) is 15.8. The molecule has 0 saturated carbocycles. The summed E-state index contributed by atoms with van der Waals surface area (Å²) in [5, 5.41) is 0. The van der Waals surface area contributed by atoms with Crippen molar-refractivity contribution in [2.24, 2.45) is 4.99 Å². The molecular formula is C14H17N. The summed E-state index contributed by atoms with van der Waals surface area (Å²) in [6, 6.07) is 8.63. The zero-order chi connectivity index (χ0) is 10.8. The molecule has 0 unspecified atom stereocenters. The van der Waals surface area contributed by atoms with Gasteiger partial charge >= 0.3 is 0 Å². The highest BCUT2D eigenvalue weighted by atomic mass is 14.8. The maximum atomic E-state index is 4.68. The minimum Gasteiger partial charge on any atom is -0.257 e. The summed E-state index contributed by atoms with van der Waals surface area (Å²) in [6.07, 6.45) is 2.06. The van der Waals surface area contributed by atoms with Gasteiger partial charge in [-0.25, -0.2) is 0 Å². The van der Waals surface area contributed by atoms with E-state index in [1.165, 1.54) is 28.1 Å². The number of aliphatic imine (C=N–C) groups is 1. The topological polar surface area (TPSA) is 12.4 Å². The Kier molecular flexibility index (Phi) is 2.72. The van der Waals surface area contributed by atoms with E-state index in [1.54, 1.807) is 0 Å². The lowest BCUT2D eigenvalue weighted by atomic mass is 10.0. The lowest BCUT2D eigenvalue weighted by molar-refractivity contribution is 1.04. The van der Waals surface area contributed by atoms with Crippen LogP contribution in [-0.2, 0) is 0 Å². The zero-order valence-corrected chi connectivity index (χ0v) is 9.67. The molecule has 1 aromatic rings. The predicted octanol–water partition coefficient (Wildman–Crippen LogP) is 3.87. The number of nitrogens with zero attached hydrogens (tertiary/aromatic N) is 1. The van der Waals surface area contributed by atoms with E-state index in [0.29, 0.717) is 0 Å². The molecule has 1 heteroatoms. The fourth-order valence-electron chi connectivity index (χ4n) is 1.94. The van der Waals surface area contributed by atoms with Crippen molar-refractivity contribution in [3.8, 4) is 0 Å². The third-order valence-corrected chi connectivity index (χ3v) is 2.91. The predicted molar refractivity (Wildman–Crippen MR) is 65.3 cm³/mol. The van der Waals surface area contributed by atoms with Crippen LogP contribution in [0, 0.1) is 6.92 Å². The Labute approximate surface area is 91.6 Å².